The highest BCUT2D eigenvalue weighted by molar-refractivity contribution is 6.51. The van der Waals surface area contributed by atoms with Gasteiger partial charge < -0.3 is 19.9 Å². The van der Waals surface area contributed by atoms with Crippen LogP contribution < -0.4 is 19.7 Å². The van der Waals surface area contributed by atoms with Crippen molar-refractivity contribution in [2.24, 2.45) is 0 Å². The summed E-state index contributed by atoms with van der Waals surface area (Å²) in [5.41, 5.74) is 2.46. The van der Waals surface area contributed by atoms with Crippen LogP contribution in [0.3, 0.4) is 0 Å². The lowest BCUT2D eigenvalue weighted by Crippen LogP contribution is -2.29. The van der Waals surface area contributed by atoms with Crippen LogP contribution in [-0.2, 0) is 14.4 Å². The molecule has 0 radical (unpaired) electrons. The monoisotopic (exact) mass is 500 g/mol. The maximum atomic E-state index is 13.5. The zero-order chi connectivity index (χ0) is 26.7. The van der Waals surface area contributed by atoms with Crippen molar-refractivity contribution >= 4 is 34.7 Å². The number of hydrogen-bond acceptors (Lipinski definition) is 6. The minimum absolute atomic E-state index is 0.0667. The lowest BCUT2D eigenvalue weighted by Gasteiger charge is -2.27. The van der Waals surface area contributed by atoms with Crippen molar-refractivity contribution in [1.82, 2.24) is 0 Å². The molecule has 2 N–H and O–H groups in total. The van der Waals surface area contributed by atoms with Gasteiger partial charge in [-0.3, -0.25) is 19.3 Å². The Balaban J connectivity index is 1.93. The number of carbonyl (C=O) groups excluding carboxylic acids is 3. The number of amides is 2. The number of aryl methyl sites for hydroxylation is 1. The number of hydrogen-bond donors (Lipinski definition) is 2. The molecule has 4 rings (SSSR count). The van der Waals surface area contributed by atoms with Gasteiger partial charge in [0.1, 0.15) is 17.3 Å². The summed E-state index contributed by atoms with van der Waals surface area (Å²) in [6.45, 7) is 5.59. The Kier molecular flexibility index (Phi) is 7.29. The number of nitrogens with one attached hydrogen (secondary N) is 1. The molecule has 0 bridgehead atoms. The molecule has 0 aliphatic carbocycles. The van der Waals surface area contributed by atoms with E-state index in [9.17, 15) is 19.5 Å². The van der Waals surface area contributed by atoms with E-state index in [2.05, 4.69) is 5.32 Å². The van der Waals surface area contributed by atoms with Gasteiger partial charge in [-0.15, -0.1) is 0 Å². The van der Waals surface area contributed by atoms with Gasteiger partial charge in [-0.1, -0.05) is 24.3 Å². The number of nitrogens with zero attached hydrogens (tertiary/aromatic N) is 1. The number of aliphatic hydroxyl groups excluding tert-OH is 1. The van der Waals surface area contributed by atoms with Gasteiger partial charge in [-0.05, 0) is 61.9 Å². The molecule has 3 aromatic rings. The first kappa shape index (κ1) is 25.5. The van der Waals surface area contributed by atoms with Gasteiger partial charge >= 0.3 is 0 Å². The molecule has 8 heteroatoms. The third kappa shape index (κ3) is 4.91. The fourth-order valence-electron chi connectivity index (χ4n) is 4.49. The molecular weight excluding hydrogens is 472 g/mol. The zero-order valence-electron chi connectivity index (χ0n) is 21.1. The number of benzene rings is 3. The Morgan fingerprint density at radius 1 is 1.03 bits per heavy atom. The smallest absolute Gasteiger partial charge is 0.300 e. The molecule has 1 heterocycles. The first-order valence-electron chi connectivity index (χ1n) is 11.8. The van der Waals surface area contributed by atoms with E-state index in [1.807, 2.05) is 13.8 Å². The Morgan fingerprint density at radius 3 is 2.46 bits per heavy atom. The molecule has 37 heavy (non-hydrogen) atoms. The van der Waals surface area contributed by atoms with Gasteiger partial charge in [-0.2, -0.15) is 0 Å². The lowest BCUT2D eigenvalue weighted by molar-refractivity contribution is -0.132. The molecule has 1 atom stereocenters. The van der Waals surface area contributed by atoms with Crippen molar-refractivity contribution in [1.29, 1.82) is 0 Å². The molecule has 1 aliphatic heterocycles. The van der Waals surface area contributed by atoms with Crippen LogP contribution in [0.1, 0.15) is 36.6 Å². The van der Waals surface area contributed by atoms with Crippen LogP contribution in [0.4, 0.5) is 11.4 Å². The van der Waals surface area contributed by atoms with Crippen LogP contribution in [0, 0.1) is 6.92 Å². The minimum atomic E-state index is -0.976. The molecule has 1 fully saturated rings. The van der Waals surface area contributed by atoms with Gasteiger partial charge in [-0.25, -0.2) is 0 Å². The van der Waals surface area contributed by atoms with Crippen LogP contribution in [0.2, 0.25) is 0 Å². The molecule has 8 nitrogen and oxygen atoms in total. The van der Waals surface area contributed by atoms with E-state index in [0.29, 0.717) is 40.6 Å². The van der Waals surface area contributed by atoms with E-state index in [0.717, 1.165) is 5.56 Å². The fourth-order valence-corrected chi connectivity index (χ4v) is 4.49. The van der Waals surface area contributed by atoms with Crippen molar-refractivity contribution < 1.29 is 29.0 Å². The predicted molar refractivity (Wildman–Crippen MR) is 141 cm³/mol. The van der Waals surface area contributed by atoms with Crippen LogP contribution >= 0.6 is 0 Å². The molecule has 0 saturated carbocycles. The van der Waals surface area contributed by atoms with Crippen LogP contribution in [0.5, 0.6) is 11.5 Å². The third-order valence-electron chi connectivity index (χ3n) is 6.07. The molecule has 1 aliphatic rings. The van der Waals surface area contributed by atoms with E-state index in [1.54, 1.807) is 66.7 Å². The highest BCUT2D eigenvalue weighted by Gasteiger charge is 2.48. The van der Waals surface area contributed by atoms with Crippen LogP contribution in [-0.4, -0.2) is 36.4 Å². The van der Waals surface area contributed by atoms with Crippen molar-refractivity contribution in [2.45, 2.75) is 26.8 Å². The summed E-state index contributed by atoms with van der Waals surface area (Å²) in [6.07, 6.45) is 0. The Bertz CT molecular complexity index is 1410. The first-order chi connectivity index (χ1) is 17.8. The number of rotatable bonds is 7. The van der Waals surface area contributed by atoms with E-state index < -0.39 is 17.7 Å². The average molecular weight is 501 g/mol. The summed E-state index contributed by atoms with van der Waals surface area (Å²) in [5, 5.41) is 14.1. The normalized spacial score (nSPS) is 16.5. The van der Waals surface area contributed by atoms with E-state index in [1.165, 1.54) is 18.9 Å². The minimum Gasteiger partial charge on any atom is -0.507 e. The van der Waals surface area contributed by atoms with Crippen LogP contribution in [0.15, 0.2) is 72.3 Å². The summed E-state index contributed by atoms with van der Waals surface area (Å²) in [7, 11) is 1.50. The predicted octanol–water partition coefficient (Wildman–Crippen LogP) is 4.99. The van der Waals surface area contributed by atoms with Crippen LogP contribution in [0.25, 0.3) is 5.76 Å². The largest absolute Gasteiger partial charge is 0.507 e. The van der Waals surface area contributed by atoms with Gasteiger partial charge in [0, 0.05) is 29.4 Å². The van der Waals surface area contributed by atoms with Gasteiger partial charge in [0.25, 0.3) is 11.7 Å². The molecule has 190 valence electrons. The average Bonchev–Trinajstić information content (AvgIpc) is 3.14. The second kappa shape index (κ2) is 10.6. The molecule has 1 saturated heterocycles. The second-order valence-electron chi connectivity index (χ2n) is 8.56. The molecule has 3 aromatic carbocycles. The first-order valence-corrected chi connectivity index (χ1v) is 11.8. The summed E-state index contributed by atoms with van der Waals surface area (Å²) in [4.78, 5) is 39.8. The quantitative estimate of drug-likeness (QED) is 0.269. The Morgan fingerprint density at radius 2 is 1.78 bits per heavy atom. The number of para-hydroxylation sites is 1. The summed E-state index contributed by atoms with van der Waals surface area (Å²) >= 11 is 0. The van der Waals surface area contributed by atoms with Gasteiger partial charge in [0.15, 0.2) is 0 Å². The number of aliphatic hydroxyl groups is 1. The van der Waals surface area contributed by atoms with E-state index in [-0.39, 0.29) is 17.2 Å². The van der Waals surface area contributed by atoms with Crippen molar-refractivity contribution in [3.63, 3.8) is 0 Å². The number of Topliss-reactive ketones (excluding diaryl/α,β-unsaturated/α-hetero) is 1. The second-order valence-corrected chi connectivity index (χ2v) is 8.56. The number of ether oxygens (including phenoxy) is 2. The maximum absolute atomic E-state index is 13.5. The standard InChI is InChI=1S/C29H28N2O6/c1-5-37-23-14-13-19(15-17(23)2)27(33)25-26(22-11-6-7-12-24(22)36-4)31(29(35)28(25)34)21-10-8-9-20(16-21)30-18(3)32/h6-16,26,33H,5H2,1-4H3,(H,30,32)/b27-25+. The number of methoxy groups -OCH3 is 1. The molecule has 2 amide bonds. The molecule has 1 unspecified atom stereocenters. The third-order valence-corrected chi connectivity index (χ3v) is 6.07. The van der Waals surface area contributed by atoms with Crippen molar-refractivity contribution in [3.8, 4) is 11.5 Å². The van der Waals surface area contributed by atoms with Crippen molar-refractivity contribution in [3.05, 3.63) is 89.0 Å². The molecule has 0 aromatic heterocycles. The van der Waals surface area contributed by atoms with Gasteiger partial charge in [0.05, 0.1) is 25.3 Å². The molecular formula is C29H28N2O6. The summed E-state index contributed by atoms with van der Waals surface area (Å²) in [6, 6.07) is 17.8. The van der Waals surface area contributed by atoms with Gasteiger partial charge in [0.2, 0.25) is 5.91 Å². The summed E-state index contributed by atoms with van der Waals surface area (Å²) < 4.78 is 11.2. The molecule has 0 spiro atoms. The lowest BCUT2D eigenvalue weighted by atomic mass is 9.94. The Labute approximate surface area is 215 Å². The topological polar surface area (TPSA) is 105 Å². The Hall–Kier alpha value is -4.59. The number of ketones is 1. The highest BCUT2D eigenvalue weighted by atomic mass is 16.5. The van der Waals surface area contributed by atoms with E-state index in [4.69, 9.17) is 9.47 Å². The maximum Gasteiger partial charge on any atom is 0.300 e. The number of anilines is 2. The highest BCUT2D eigenvalue weighted by Crippen LogP contribution is 2.45. The zero-order valence-corrected chi connectivity index (χ0v) is 21.1. The SMILES string of the molecule is CCOc1ccc(/C(O)=C2\C(=O)C(=O)N(c3cccc(NC(C)=O)c3)C2c2ccccc2OC)cc1C. The summed E-state index contributed by atoms with van der Waals surface area (Å²) in [5.74, 6) is -1.10. The van der Waals surface area contributed by atoms with E-state index >= 15 is 0 Å². The number of carbonyl (C=O) groups is 3. The fraction of sp³-hybridized carbons (Fsp3) is 0.207. The van der Waals surface area contributed by atoms with Crippen molar-refractivity contribution in [2.75, 3.05) is 23.9 Å².